The number of benzene rings is 2. The average Bonchev–Trinajstić information content (AvgIpc) is 2.92. The second-order valence-electron chi connectivity index (χ2n) is 5.21. The number of carbonyl (C=O) groups excluding carboxylic acids is 1. The third-order valence-corrected chi connectivity index (χ3v) is 4.13. The zero-order valence-corrected chi connectivity index (χ0v) is 14.3. The van der Waals surface area contributed by atoms with Crippen LogP contribution in [0.2, 0.25) is 0 Å². The molecule has 0 radical (unpaired) electrons. The Kier molecular flexibility index (Phi) is 4.39. The smallest absolute Gasteiger partial charge is 0.315 e. The van der Waals surface area contributed by atoms with Gasteiger partial charge in [0.2, 0.25) is 0 Å². The highest BCUT2D eigenvalue weighted by Crippen LogP contribution is 2.28. The van der Waals surface area contributed by atoms with E-state index < -0.39 is 0 Å². The van der Waals surface area contributed by atoms with E-state index in [1.54, 1.807) is 25.5 Å². The van der Waals surface area contributed by atoms with Gasteiger partial charge in [0, 0.05) is 17.0 Å². The summed E-state index contributed by atoms with van der Waals surface area (Å²) in [6.45, 7) is 1.97. The highest BCUT2D eigenvalue weighted by molar-refractivity contribution is 9.10. The Morgan fingerprint density at radius 1 is 1.22 bits per heavy atom. The van der Waals surface area contributed by atoms with Crippen LogP contribution in [0.15, 0.2) is 51.6 Å². The van der Waals surface area contributed by atoms with Gasteiger partial charge in [0.05, 0.1) is 24.3 Å². The molecular formula is C18H15BrO4. The monoisotopic (exact) mass is 374 g/mol. The fourth-order valence-electron chi connectivity index (χ4n) is 2.33. The maximum absolute atomic E-state index is 12.2. The van der Waals surface area contributed by atoms with Gasteiger partial charge in [-0.15, -0.1) is 0 Å². The predicted octanol–water partition coefficient (Wildman–Crippen LogP) is 4.66. The van der Waals surface area contributed by atoms with E-state index in [2.05, 4.69) is 15.9 Å². The number of aryl methyl sites for hydroxylation is 1. The fraction of sp³-hybridized carbons (Fsp3) is 0.167. The molecule has 3 rings (SSSR count). The minimum atomic E-state index is -0.340. The lowest BCUT2D eigenvalue weighted by Gasteiger charge is -2.06. The first kappa shape index (κ1) is 15.6. The molecular weight excluding hydrogens is 360 g/mol. The summed E-state index contributed by atoms with van der Waals surface area (Å²) in [5.41, 5.74) is 2.56. The van der Waals surface area contributed by atoms with Gasteiger partial charge in [0.25, 0.3) is 0 Å². The second-order valence-corrected chi connectivity index (χ2v) is 6.06. The molecule has 0 atom stereocenters. The van der Waals surface area contributed by atoms with Crippen LogP contribution in [0, 0.1) is 6.92 Å². The SMILES string of the molecule is COc1ccc2c(CC(=O)Oc3ccc(C)cc3Br)coc2c1. The normalized spacial score (nSPS) is 10.7. The number of esters is 1. The Hall–Kier alpha value is -2.27. The van der Waals surface area contributed by atoms with Crippen molar-refractivity contribution in [2.75, 3.05) is 7.11 Å². The molecule has 0 aliphatic heterocycles. The minimum absolute atomic E-state index is 0.139. The number of furan rings is 1. The molecule has 23 heavy (non-hydrogen) atoms. The van der Waals surface area contributed by atoms with Gasteiger partial charge in [0.15, 0.2) is 0 Å². The Balaban J connectivity index is 1.77. The van der Waals surface area contributed by atoms with Gasteiger partial charge in [-0.3, -0.25) is 4.79 Å². The van der Waals surface area contributed by atoms with Crippen molar-refractivity contribution in [2.24, 2.45) is 0 Å². The molecule has 118 valence electrons. The molecule has 4 nitrogen and oxygen atoms in total. The number of methoxy groups -OCH3 is 1. The molecule has 0 amide bonds. The highest BCUT2D eigenvalue weighted by Gasteiger charge is 2.14. The first-order valence-electron chi connectivity index (χ1n) is 7.08. The predicted molar refractivity (Wildman–Crippen MR) is 91.0 cm³/mol. The van der Waals surface area contributed by atoms with Crippen molar-refractivity contribution in [2.45, 2.75) is 13.3 Å². The van der Waals surface area contributed by atoms with Crippen LogP contribution in [0.1, 0.15) is 11.1 Å². The Labute approximate surface area is 142 Å². The van der Waals surface area contributed by atoms with Gasteiger partial charge in [-0.2, -0.15) is 0 Å². The first-order chi connectivity index (χ1) is 11.1. The summed E-state index contributed by atoms with van der Waals surface area (Å²) in [5, 5.41) is 0.880. The molecule has 0 aliphatic rings. The molecule has 0 saturated carbocycles. The molecule has 0 bridgehead atoms. The molecule has 5 heteroatoms. The van der Waals surface area contributed by atoms with E-state index in [4.69, 9.17) is 13.9 Å². The molecule has 0 aliphatic carbocycles. The number of halogens is 1. The molecule has 0 unspecified atom stereocenters. The molecule has 1 heterocycles. The highest BCUT2D eigenvalue weighted by atomic mass is 79.9. The fourth-order valence-corrected chi connectivity index (χ4v) is 2.90. The van der Waals surface area contributed by atoms with Gasteiger partial charge in [-0.25, -0.2) is 0 Å². The summed E-state index contributed by atoms with van der Waals surface area (Å²) in [4.78, 5) is 12.2. The molecule has 0 saturated heterocycles. The van der Waals surface area contributed by atoms with Gasteiger partial charge in [0.1, 0.15) is 17.1 Å². The molecule has 3 aromatic rings. The van der Waals surface area contributed by atoms with Crippen molar-refractivity contribution in [3.8, 4) is 11.5 Å². The zero-order valence-electron chi connectivity index (χ0n) is 12.8. The van der Waals surface area contributed by atoms with Gasteiger partial charge in [-0.1, -0.05) is 6.07 Å². The Morgan fingerprint density at radius 2 is 2.04 bits per heavy atom. The summed E-state index contributed by atoms with van der Waals surface area (Å²) in [6, 6.07) is 11.1. The van der Waals surface area contributed by atoms with Crippen LogP contribution in [0.25, 0.3) is 11.0 Å². The maximum Gasteiger partial charge on any atom is 0.315 e. The van der Waals surface area contributed by atoms with E-state index in [0.717, 1.165) is 21.0 Å². The van der Waals surface area contributed by atoms with E-state index in [-0.39, 0.29) is 12.4 Å². The van der Waals surface area contributed by atoms with Crippen LogP contribution in [0.5, 0.6) is 11.5 Å². The number of ether oxygens (including phenoxy) is 2. The van der Waals surface area contributed by atoms with E-state index >= 15 is 0 Å². The number of rotatable bonds is 4. The summed E-state index contributed by atoms with van der Waals surface area (Å²) < 4.78 is 16.8. The average molecular weight is 375 g/mol. The van der Waals surface area contributed by atoms with Crippen LogP contribution in [0.3, 0.4) is 0 Å². The first-order valence-corrected chi connectivity index (χ1v) is 7.87. The molecule has 1 aromatic heterocycles. The van der Waals surface area contributed by atoms with E-state index in [0.29, 0.717) is 17.1 Å². The topological polar surface area (TPSA) is 48.7 Å². The third kappa shape index (κ3) is 3.40. The largest absolute Gasteiger partial charge is 0.497 e. The standard InChI is InChI=1S/C18H15BrO4/c1-11-3-6-16(15(19)7-11)23-18(20)8-12-10-22-17-9-13(21-2)4-5-14(12)17/h3-7,9-10H,8H2,1-2H3. The van der Waals surface area contributed by atoms with Crippen LogP contribution in [0.4, 0.5) is 0 Å². The zero-order chi connectivity index (χ0) is 16.4. The van der Waals surface area contributed by atoms with Gasteiger partial charge in [-0.05, 0) is 52.7 Å². The number of hydrogen-bond acceptors (Lipinski definition) is 4. The Morgan fingerprint density at radius 3 is 2.78 bits per heavy atom. The van der Waals surface area contributed by atoms with Gasteiger partial charge < -0.3 is 13.9 Å². The lowest BCUT2D eigenvalue weighted by atomic mass is 10.1. The van der Waals surface area contributed by atoms with E-state index in [1.807, 2.05) is 31.2 Å². The Bertz CT molecular complexity index is 867. The summed E-state index contributed by atoms with van der Waals surface area (Å²) in [6.07, 6.45) is 1.72. The minimum Gasteiger partial charge on any atom is -0.497 e. The van der Waals surface area contributed by atoms with Crippen molar-refractivity contribution < 1.29 is 18.7 Å². The third-order valence-electron chi connectivity index (χ3n) is 3.51. The number of fused-ring (bicyclic) bond motifs is 1. The van der Waals surface area contributed by atoms with Gasteiger partial charge >= 0.3 is 5.97 Å². The van der Waals surface area contributed by atoms with Crippen molar-refractivity contribution in [3.05, 3.63) is 58.3 Å². The van der Waals surface area contributed by atoms with E-state index in [1.165, 1.54) is 0 Å². The lowest BCUT2D eigenvalue weighted by Crippen LogP contribution is -2.11. The summed E-state index contributed by atoms with van der Waals surface area (Å²) in [7, 11) is 1.60. The summed E-state index contributed by atoms with van der Waals surface area (Å²) in [5.74, 6) is 0.882. The van der Waals surface area contributed by atoms with Crippen molar-refractivity contribution in [1.82, 2.24) is 0 Å². The van der Waals surface area contributed by atoms with E-state index in [9.17, 15) is 4.79 Å². The van der Waals surface area contributed by atoms with Crippen LogP contribution in [-0.2, 0) is 11.2 Å². The summed E-state index contributed by atoms with van der Waals surface area (Å²) >= 11 is 3.40. The van der Waals surface area contributed by atoms with Crippen molar-refractivity contribution >= 4 is 32.9 Å². The van der Waals surface area contributed by atoms with Crippen LogP contribution < -0.4 is 9.47 Å². The van der Waals surface area contributed by atoms with Crippen LogP contribution >= 0.6 is 15.9 Å². The quantitative estimate of drug-likeness (QED) is 0.492. The second kappa shape index (κ2) is 6.46. The number of hydrogen-bond donors (Lipinski definition) is 0. The number of carbonyl (C=O) groups is 1. The maximum atomic E-state index is 12.2. The molecule has 0 spiro atoms. The van der Waals surface area contributed by atoms with Crippen molar-refractivity contribution in [1.29, 1.82) is 0 Å². The lowest BCUT2D eigenvalue weighted by molar-refractivity contribution is -0.133. The molecule has 0 N–H and O–H groups in total. The van der Waals surface area contributed by atoms with Crippen molar-refractivity contribution in [3.63, 3.8) is 0 Å². The molecule has 0 fully saturated rings. The van der Waals surface area contributed by atoms with Crippen LogP contribution in [-0.4, -0.2) is 13.1 Å². The molecule has 2 aromatic carbocycles.